The Labute approximate surface area is 188 Å². The Kier molecular flexibility index (Phi) is 7.68. The van der Waals surface area contributed by atoms with E-state index in [4.69, 9.17) is 9.47 Å². The first kappa shape index (κ1) is 22.2. The molecule has 4 rings (SSSR count). The molecule has 3 heterocycles. The molecule has 8 heteroatoms. The number of aromatic nitrogens is 4. The highest BCUT2D eigenvalue weighted by Crippen LogP contribution is 2.27. The Bertz CT molecular complexity index is 976. The van der Waals surface area contributed by atoms with Crippen molar-refractivity contribution in [3.05, 3.63) is 72.3 Å². The summed E-state index contributed by atoms with van der Waals surface area (Å²) in [5, 5.41) is 0. The zero-order chi connectivity index (χ0) is 22.2. The van der Waals surface area contributed by atoms with Gasteiger partial charge in [0.1, 0.15) is 18.3 Å². The summed E-state index contributed by atoms with van der Waals surface area (Å²) in [7, 11) is 1.62. The Hall–Kier alpha value is -2.97. The first-order valence-corrected chi connectivity index (χ1v) is 11.1. The van der Waals surface area contributed by atoms with Crippen molar-refractivity contribution in [3.63, 3.8) is 0 Å². The molecule has 170 valence electrons. The first-order chi connectivity index (χ1) is 15.7. The molecule has 0 bridgehead atoms. The fourth-order valence-corrected chi connectivity index (χ4v) is 4.16. The fraction of sp³-hybridized carbons (Fsp3) is 0.458. The predicted molar refractivity (Wildman–Crippen MR) is 120 cm³/mol. The van der Waals surface area contributed by atoms with Gasteiger partial charge in [-0.2, -0.15) is 0 Å². The number of amides is 1. The molecular formula is C24H31N5O3. The van der Waals surface area contributed by atoms with Crippen LogP contribution in [0.4, 0.5) is 0 Å². The summed E-state index contributed by atoms with van der Waals surface area (Å²) in [6, 6.07) is 10.4. The summed E-state index contributed by atoms with van der Waals surface area (Å²) in [6.07, 6.45) is 9.57. The van der Waals surface area contributed by atoms with Gasteiger partial charge in [0.05, 0.1) is 19.8 Å². The van der Waals surface area contributed by atoms with Crippen molar-refractivity contribution in [2.45, 2.75) is 31.8 Å². The third-order valence-corrected chi connectivity index (χ3v) is 5.93. The van der Waals surface area contributed by atoms with Crippen molar-refractivity contribution in [1.82, 2.24) is 24.0 Å². The van der Waals surface area contributed by atoms with Gasteiger partial charge in [0.25, 0.3) is 0 Å². The van der Waals surface area contributed by atoms with Crippen molar-refractivity contribution >= 4 is 5.91 Å². The highest BCUT2D eigenvalue weighted by molar-refractivity contribution is 5.77. The number of hydrogen-bond acceptors (Lipinski definition) is 5. The minimum absolute atomic E-state index is 0.0471. The smallest absolute Gasteiger partial charge is 0.248 e. The van der Waals surface area contributed by atoms with Gasteiger partial charge in [-0.1, -0.05) is 30.3 Å². The molecule has 0 aliphatic carbocycles. The number of benzene rings is 1. The number of carbonyl (C=O) groups is 1. The van der Waals surface area contributed by atoms with Crippen molar-refractivity contribution in [2.24, 2.45) is 0 Å². The van der Waals surface area contributed by atoms with E-state index in [1.165, 1.54) is 5.56 Å². The maximum absolute atomic E-state index is 12.3. The van der Waals surface area contributed by atoms with Gasteiger partial charge in [0.2, 0.25) is 5.91 Å². The van der Waals surface area contributed by atoms with E-state index in [1.54, 1.807) is 7.11 Å². The number of likely N-dealkylation sites (tertiary alicyclic amines) is 1. The molecule has 1 amide bonds. The molecule has 0 unspecified atom stereocenters. The Morgan fingerprint density at radius 2 is 1.75 bits per heavy atom. The maximum atomic E-state index is 12.3. The zero-order valence-corrected chi connectivity index (χ0v) is 18.6. The molecule has 0 radical (unpaired) electrons. The Morgan fingerprint density at radius 3 is 2.53 bits per heavy atom. The lowest BCUT2D eigenvalue weighted by atomic mass is 9.96. The number of ether oxygens (including phenoxy) is 2. The molecule has 1 fully saturated rings. The van der Waals surface area contributed by atoms with Gasteiger partial charge < -0.3 is 23.5 Å². The number of carbonyl (C=O) groups excluding carboxylic acids is 1. The van der Waals surface area contributed by atoms with Crippen LogP contribution in [-0.2, 0) is 27.4 Å². The molecule has 0 spiro atoms. The number of rotatable bonds is 10. The van der Waals surface area contributed by atoms with Crippen LogP contribution in [0.5, 0.6) is 0 Å². The number of piperidine rings is 1. The normalized spacial score (nSPS) is 14.7. The van der Waals surface area contributed by atoms with Gasteiger partial charge in [0.15, 0.2) is 0 Å². The third-order valence-electron chi connectivity index (χ3n) is 5.93. The standard InChI is InChI=1S/C24H31N5O3/c1-31-15-16-32-19-23(30)27-11-7-21(8-12-27)24-26-10-14-29(24)18-22-25-9-13-28(22)17-20-5-3-2-4-6-20/h2-6,9-10,13-14,21H,7-8,11-12,15-19H2,1H3. The fourth-order valence-electron chi connectivity index (χ4n) is 4.16. The van der Waals surface area contributed by atoms with Crippen LogP contribution in [0.1, 0.15) is 36.0 Å². The lowest BCUT2D eigenvalue weighted by Crippen LogP contribution is -2.40. The van der Waals surface area contributed by atoms with Crippen LogP contribution >= 0.6 is 0 Å². The van der Waals surface area contributed by atoms with Crippen molar-refractivity contribution in [3.8, 4) is 0 Å². The van der Waals surface area contributed by atoms with Crippen molar-refractivity contribution in [2.75, 3.05) is 40.0 Å². The van der Waals surface area contributed by atoms with Crippen LogP contribution in [0.25, 0.3) is 0 Å². The van der Waals surface area contributed by atoms with Crippen LogP contribution in [0.3, 0.4) is 0 Å². The summed E-state index contributed by atoms with van der Waals surface area (Å²) in [6.45, 7) is 4.00. The van der Waals surface area contributed by atoms with Gasteiger partial charge in [0, 0.05) is 57.4 Å². The Balaban J connectivity index is 1.33. The third kappa shape index (κ3) is 5.63. The average Bonchev–Trinajstić information content (AvgIpc) is 3.47. The van der Waals surface area contributed by atoms with Crippen LogP contribution < -0.4 is 0 Å². The second kappa shape index (κ2) is 11.1. The van der Waals surface area contributed by atoms with E-state index in [0.29, 0.717) is 25.7 Å². The minimum atomic E-state index is 0.0471. The van der Waals surface area contributed by atoms with E-state index in [2.05, 4.69) is 43.4 Å². The number of methoxy groups -OCH3 is 1. The SMILES string of the molecule is COCCOCC(=O)N1CCC(c2nccn2Cc2nccn2Cc2ccccc2)CC1. The minimum Gasteiger partial charge on any atom is -0.382 e. The quantitative estimate of drug-likeness (QED) is 0.456. The largest absolute Gasteiger partial charge is 0.382 e. The molecule has 8 nitrogen and oxygen atoms in total. The molecule has 32 heavy (non-hydrogen) atoms. The van der Waals surface area contributed by atoms with Gasteiger partial charge in [-0.15, -0.1) is 0 Å². The lowest BCUT2D eigenvalue weighted by molar-refractivity contribution is -0.137. The summed E-state index contributed by atoms with van der Waals surface area (Å²) < 4.78 is 14.7. The topological polar surface area (TPSA) is 74.4 Å². The van der Waals surface area contributed by atoms with Crippen molar-refractivity contribution < 1.29 is 14.3 Å². The van der Waals surface area contributed by atoms with Gasteiger partial charge in [-0.25, -0.2) is 9.97 Å². The van der Waals surface area contributed by atoms with Gasteiger partial charge >= 0.3 is 0 Å². The average molecular weight is 438 g/mol. The Morgan fingerprint density at radius 1 is 1.00 bits per heavy atom. The summed E-state index contributed by atoms with van der Waals surface area (Å²) in [5.41, 5.74) is 1.25. The highest BCUT2D eigenvalue weighted by Gasteiger charge is 2.26. The molecule has 3 aromatic rings. The molecule has 1 saturated heterocycles. The zero-order valence-electron chi connectivity index (χ0n) is 18.6. The van der Waals surface area contributed by atoms with E-state index in [0.717, 1.165) is 44.1 Å². The van der Waals surface area contributed by atoms with Crippen LogP contribution in [0.15, 0.2) is 55.1 Å². The van der Waals surface area contributed by atoms with Crippen LogP contribution in [-0.4, -0.2) is 69.9 Å². The van der Waals surface area contributed by atoms with Crippen LogP contribution in [0, 0.1) is 0 Å². The van der Waals surface area contributed by atoms with E-state index in [-0.39, 0.29) is 12.5 Å². The summed E-state index contributed by atoms with van der Waals surface area (Å²) in [4.78, 5) is 23.5. The molecule has 2 aromatic heterocycles. The maximum Gasteiger partial charge on any atom is 0.248 e. The molecule has 1 aliphatic rings. The van der Waals surface area contributed by atoms with Crippen molar-refractivity contribution in [1.29, 1.82) is 0 Å². The van der Waals surface area contributed by atoms with Gasteiger partial charge in [-0.3, -0.25) is 4.79 Å². The van der Waals surface area contributed by atoms with E-state index in [1.807, 2.05) is 35.8 Å². The van der Waals surface area contributed by atoms with E-state index in [9.17, 15) is 4.79 Å². The summed E-state index contributed by atoms with van der Waals surface area (Å²) in [5.74, 6) is 2.46. The van der Waals surface area contributed by atoms with Crippen LogP contribution in [0.2, 0.25) is 0 Å². The predicted octanol–water partition coefficient (Wildman–Crippen LogP) is 2.55. The first-order valence-electron chi connectivity index (χ1n) is 11.1. The number of imidazole rings is 2. The second-order valence-electron chi connectivity index (χ2n) is 8.07. The molecule has 0 saturated carbocycles. The van der Waals surface area contributed by atoms with E-state index < -0.39 is 0 Å². The summed E-state index contributed by atoms with van der Waals surface area (Å²) >= 11 is 0. The lowest BCUT2D eigenvalue weighted by Gasteiger charge is -2.32. The van der Waals surface area contributed by atoms with Gasteiger partial charge in [-0.05, 0) is 18.4 Å². The molecule has 1 aromatic carbocycles. The monoisotopic (exact) mass is 437 g/mol. The molecular weight excluding hydrogens is 406 g/mol. The molecule has 0 atom stereocenters. The molecule has 0 N–H and O–H groups in total. The van der Waals surface area contributed by atoms with E-state index >= 15 is 0 Å². The molecule has 1 aliphatic heterocycles. The number of nitrogens with zero attached hydrogens (tertiary/aromatic N) is 5. The second-order valence-corrected chi connectivity index (χ2v) is 8.07. The number of hydrogen-bond donors (Lipinski definition) is 0. The highest BCUT2D eigenvalue weighted by atomic mass is 16.5.